The summed E-state index contributed by atoms with van der Waals surface area (Å²) in [4.78, 5) is 11.2. The van der Waals surface area contributed by atoms with Crippen LogP contribution in [0.25, 0.3) is 0 Å². The molecule has 0 saturated heterocycles. The topological polar surface area (TPSA) is 64.7 Å². The molecule has 2 N–H and O–H groups in total. The Bertz CT molecular complexity index is 562. The van der Waals surface area contributed by atoms with Gasteiger partial charge < -0.3 is 5.73 Å². The minimum Gasteiger partial charge on any atom is -0.368 e. The number of hydrogen-bond donors (Lipinski definition) is 1. The van der Waals surface area contributed by atoms with E-state index in [1.54, 1.807) is 0 Å². The molecule has 0 fully saturated rings. The van der Waals surface area contributed by atoms with Gasteiger partial charge in [0.2, 0.25) is 11.2 Å². The maximum Gasteiger partial charge on any atom is 0.228 e. The highest BCUT2D eigenvalue weighted by Gasteiger charge is 2.09. The van der Waals surface area contributed by atoms with Gasteiger partial charge in [0.05, 0.1) is 0 Å². The molecule has 0 spiro atoms. The van der Waals surface area contributed by atoms with Crippen LogP contribution in [-0.4, -0.2) is 15.0 Å². The normalized spacial score (nSPS) is 10.6. The van der Waals surface area contributed by atoms with Crippen LogP contribution in [0.3, 0.4) is 0 Å². The van der Waals surface area contributed by atoms with Gasteiger partial charge in [0.15, 0.2) is 16.8 Å². The molecule has 0 saturated carbocycles. The van der Waals surface area contributed by atoms with Crippen LogP contribution in [0.2, 0.25) is 5.28 Å². The van der Waals surface area contributed by atoms with Crippen LogP contribution in [-0.2, 0) is 5.75 Å². The lowest BCUT2D eigenvalue weighted by Crippen LogP contribution is -1.99. The van der Waals surface area contributed by atoms with Gasteiger partial charge in [-0.1, -0.05) is 23.9 Å². The van der Waals surface area contributed by atoms with E-state index >= 15 is 0 Å². The second kappa shape index (κ2) is 5.45. The van der Waals surface area contributed by atoms with Crippen molar-refractivity contribution in [2.75, 3.05) is 5.73 Å². The monoisotopic (exact) mass is 288 g/mol. The molecule has 2 rings (SSSR count). The maximum absolute atomic E-state index is 13.4. The Morgan fingerprint density at radius 2 is 2.00 bits per heavy atom. The number of aromatic nitrogens is 3. The third-order valence-corrected chi connectivity index (χ3v) is 3.06. The van der Waals surface area contributed by atoms with Gasteiger partial charge in [-0.15, -0.1) is 0 Å². The van der Waals surface area contributed by atoms with E-state index in [-0.39, 0.29) is 27.7 Å². The van der Waals surface area contributed by atoms with Crippen LogP contribution in [0.4, 0.5) is 14.7 Å². The highest BCUT2D eigenvalue weighted by molar-refractivity contribution is 7.98. The first-order valence-electron chi connectivity index (χ1n) is 4.79. The SMILES string of the molecule is Nc1nc(Cl)nc(SCc2cccc(F)c2F)n1. The Morgan fingerprint density at radius 3 is 2.72 bits per heavy atom. The molecule has 1 heterocycles. The number of anilines is 1. The molecule has 0 radical (unpaired) electrons. The molecular weight excluding hydrogens is 282 g/mol. The molecule has 0 aliphatic heterocycles. The van der Waals surface area contributed by atoms with Gasteiger partial charge in [-0.05, 0) is 17.7 Å². The molecule has 0 aliphatic carbocycles. The zero-order chi connectivity index (χ0) is 13.1. The molecule has 0 aliphatic rings. The summed E-state index contributed by atoms with van der Waals surface area (Å²) in [5.74, 6) is -1.61. The average Bonchev–Trinajstić information content (AvgIpc) is 2.30. The third-order valence-electron chi connectivity index (χ3n) is 1.99. The summed E-state index contributed by atoms with van der Waals surface area (Å²) in [6.07, 6.45) is 0. The predicted octanol–water partition coefficient (Wildman–Crippen LogP) is 2.68. The van der Waals surface area contributed by atoms with E-state index in [2.05, 4.69) is 15.0 Å². The number of nitrogen functional groups attached to an aromatic ring is 1. The van der Waals surface area contributed by atoms with Crippen LogP contribution in [0.5, 0.6) is 0 Å². The van der Waals surface area contributed by atoms with E-state index in [4.69, 9.17) is 17.3 Å². The summed E-state index contributed by atoms with van der Waals surface area (Å²) in [6, 6.07) is 3.97. The summed E-state index contributed by atoms with van der Waals surface area (Å²) in [6.45, 7) is 0. The van der Waals surface area contributed by atoms with Crippen molar-refractivity contribution in [3.05, 3.63) is 40.7 Å². The van der Waals surface area contributed by atoms with E-state index in [9.17, 15) is 8.78 Å². The molecule has 2 aromatic rings. The first kappa shape index (κ1) is 13.0. The fourth-order valence-electron chi connectivity index (χ4n) is 1.21. The molecular formula is C10H7ClF2N4S. The van der Waals surface area contributed by atoms with Gasteiger partial charge in [-0.25, -0.2) is 8.78 Å². The summed E-state index contributed by atoms with van der Waals surface area (Å²) in [5, 5.41) is 0.223. The predicted molar refractivity (Wildman–Crippen MR) is 65.2 cm³/mol. The van der Waals surface area contributed by atoms with Gasteiger partial charge in [0.25, 0.3) is 0 Å². The fraction of sp³-hybridized carbons (Fsp3) is 0.100. The van der Waals surface area contributed by atoms with Crippen LogP contribution in [0.1, 0.15) is 5.56 Å². The molecule has 4 nitrogen and oxygen atoms in total. The molecule has 94 valence electrons. The third kappa shape index (κ3) is 3.05. The number of benzene rings is 1. The number of halogens is 3. The second-order valence-corrected chi connectivity index (χ2v) is 4.53. The average molecular weight is 289 g/mol. The van der Waals surface area contributed by atoms with Crippen LogP contribution >= 0.6 is 23.4 Å². The van der Waals surface area contributed by atoms with Crippen molar-refractivity contribution in [3.63, 3.8) is 0 Å². The summed E-state index contributed by atoms with van der Waals surface area (Å²) in [7, 11) is 0. The molecule has 18 heavy (non-hydrogen) atoms. The number of nitrogens with zero attached hydrogens (tertiary/aromatic N) is 3. The van der Waals surface area contributed by atoms with Crippen molar-refractivity contribution >= 4 is 29.3 Å². The van der Waals surface area contributed by atoms with Gasteiger partial charge >= 0.3 is 0 Å². The van der Waals surface area contributed by atoms with Crippen LogP contribution in [0, 0.1) is 11.6 Å². The molecule has 0 unspecified atom stereocenters. The van der Waals surface area contributed by atoms with Gasteiger partial charge in [0.1, 0.15) is 0 Å². The standard InChI is InChI=1S/C10H7ClF2N4S/c11-8-15-9(14)17-10(16-8)18-4-5-2-1-3-6(12)7(5)13/h1-3H,4H2,(H2,14,15,16,17). The van der Waals surface area contributed by atoms with E-state index in [1.807, 2.05) is 0 Å². The van der Waals surface area contributed by atoms with Crippen molar-refractivity contribution in [2.24, 2.45) is 0 Å². The molecule has 1 aromatic heterocycles. The summed E-state index contributed by atoms with van der Waals surface area (Å²) >= 11 is 6.69. The lowest BCUT2D eigenvalue weighted by Gasteiger charge is -2.03. The van der Waals surface area contributed by atoms with Gasteiger partial charge in [-0.3, -0.25) is 0 Å². The zero-order valence-electron chi connectivity index (χ0n) is 8.90. The molecule has 1 aromatic carbocycles. The van der Waals surface area contributed by atoms with Crippen molar-refractivity contribution in [1.29, 1.82) is 0 Å². The lowest BCUT2D eigenvalue weighted by atomic mass is 10.2. The van der Waals surface area contributed by atoms with Crippen LogP contribution in [0.15, 0.2) is 23.4 Å². The van der Waals surface area contributed by atoms with Crippen molar-refractivity contribution in [2.45, 2.75) is 10.9 Å². The van der Waals surface area contributed by atoms with E-state index in [1.165, 1.54) is 12.1 Å². The molecule has 0 amide bonds. The Hall–Kier alpha value is -1.47. The maximum atomic E-state index is 13.4. The Morgan fingerprint density at radius 1 is 1.22 bits per heavy atom. The van der Waals surface area contributed by atoms with Crippen molar-refractivity contribution in [3.8, 4) is 0 Å². The fourth-order valence-corrected chi connectivity index (χ4v) is 2.25. The zero-order valence-corrected chi connectivity index (χ0v) is 10.5. The number of hydrogen-bond acceptors (Lipinski definition) is 5. The minimum absolute atomic E-state index is 0.0165. The van der Waals surface area contributed by atoms with Crippen LogP contribution < -0.4 is 5.73 Å². The summed E-state index contributed by atoms with van der Waals surface area (Å²) in [5.41, 5.74) is 5.61. The number of rotatable bonds is 3. The minimum atomic E-state index is -0.888. The molecule has 0 bridgehead atoms. The second-order valence-electron chi connectivity index (χ2n) is 3.25. The number of nitrogens with two attached hydrogens (primary N) is 1. The molecule has 0 atom stereocenters. The Kier molecular flexibility index (Phi) is 3.93. The van der Waals surface area contributed by atoms with E-state index in [0.717, 1.165) is 17.8 Å². The highest BCUT2D eigenvalue weighted by Crippen LogP contribution is 2.23. The largest absolute Gasteiger partial charge is 0.368 e. The molecule has 8 heteroatoms. The summed E-state index contributed by atoms with van der Waals surface area (Å²) < 4.78 is 26.3. The van der Waals surface area contributed by atoms with Gasteiger partial charge in [-0.2, -0.15) is 15.0 Å². The van der Waals surface area contributed by atoms with Gasteiger partial charge in [0, 0.05) is 11.3 Å². The smallest absolute Gasteiger partial charge is 0.228 e. The quantitative estimate of drug-likeness (QED) is 0.880. The van der Waals surface area contributed by atoms with Crippen molar-refractivity contribution in [1.82, 2.24) is 15.0 Å². The highest BCUT2D eigenvalue weighted by atomic mass is 35.5. The van der Waals surface area contributed by atoms with E-state index < -0.39 is 11.6 Å². The van der Waals surface area contributed by atoms with Crippen molar-refractivity contribution < 1.29 is 8.78 Å². The first-order valence-corrected chi connectivity index (χ1v) is 6.15. The van der Waals surface area contributed by atoms with E-state index in [0.29, 0.717) is 0 Å². The Balaban J connectivity index is 2.14. The lowest BCUT2D eigenvalue weighted by molar-refractivity contribution is 0.502. The Labute approximate surface area is 111 Å². The first-order chi connectivity index (χ1) is 8.56. The number of thioether (sulfide) groups is 1.